The van der Waals surface area contributed by atoms with Crippen LogP contribution in [0.25, 0.3) is 22.0 Å². The molecule has 1 saturated carbocycles. The summed E-state index contributed by atoms with van der Waals surface area (Å²) in [5, 5.41) is 11.3. The van der Waals surface area contributed by atoms with Crippen molar-refractivity contribution >= 4 is 22.6 Å². The summed E-state index contributed by atoms with van der Waals surface area (Å²) in [7, 11) is 0. The van der Waals surface area contributed by atoms with Crippen LogP contribution in [0.15, 0.2) is 48.5 Å². The monoisotopic (exact) mass is 319 g/mol. The highest BCUT2D eigenvalue weighted by Gasteiger charge is 2.22. The maximum atomic E-state index is 12.4. The van der Waals surface area contributed by atoms with Crippen molar-refractivity contribution in [2.45, 2.75) is 32.1 Å². The molecule has 1 aliphatic rings. The van der Waals surface area contributed by atoms with Crippen molar-refractivity contribution in [2.24, 2.45) is 5.92 Å². The van der Waals surface area contributed by atoms with Gasteiger partial charge in [-0.2, -0.15) is 5.10 Å². The number of rotatable bonds is 3. The topological polar surface area (TPSA) is 57.8 Å². The maximum Gasteiger partial charge on any atom is 0.228 e. The summed E-state index contributed by atoms with van der Waals surface area (Å²) in [4.78, 5) is 12.4. The van der Waals surface area contributed by atoms with Crippen LogP contribution >= 0.6 is 0 Å². The molecule has 122 valence electrons. The van der Waals surface area contributed by atoms with Gasteiger partial charge in [-0.15, -0.1) is 0 Å². The number of hydrogen-bond acceptors (Lipinski definition) is 2. The molecule has 4 rings (SSSR count). The summed E-state index contributed by atoms with van der Waals surface area (Å²) < 4.78 is 0. The number of hydrogen-bond donors (Lipinski definition) is 2. The van der Waals surface area contributed by atoms with E-state index in [1.165, 1.54) is 12.0 Å². The molecule has 1 aromatic heterocycles. The number of benzene rings is 2. The van der Waals surface area contributed by atoms with E-state index >= 15 is 0 Å². The molecule has 0 saturated heterocycles. The number of carbonyl (C=O) groups is 1. The van der Waals surface area contributed by atoms with Crippen molar-refractivity contribution in [3.05, 3.63) is 48.5 Å². The van der Waals surface area contributed by atoms with Gasteiger partial charge >= 0.3 is 0 Å². The molecule has 0 radical (unpaired) electrons. The van der Waals surface area contributed by atoms with E-state index in [0.717, 1.165) is 42.1 Å². The molecule has 3 aromatic rings. The molecular weight excluding hydrogens is 298 g/mol. The predicted octanol–water partition coefficient (Wildman–Crippen LogP) is 4.75. The first-order chi connectivity index (χ1) is 11.8. The minimum absolute atomic E-state index is 0.107. The van der Waals surface area contributed by atoms with Gasteiger partial charge in [-0.25, -0.2) is 0 Å². The highest BCUT2D eigenvalue weighted by atomic mass is 16.1. The Balaban J connectivity index is 1.58. The average Bonchev–Trinajstić information content (AvgIpc) is 3.05. The van der Waals surface area contributed by atoms with E-state index in [1.807, 2.05) is 24.3 Å². The Morgan fingerprint density at radius 3 is 2.58 bits per heavy atom. The Bertz CT molecular complexity index is 848. The van der Waals surface area contributed by atoms with Gasteiger partial charge in [0.05, 0.1) is 5.52 Å². The maximum absolute atomic E-state index is 12.4. The largest absolute Gasteiger partial charge is 0.308 e. The van der Waals surface area contributed by atoms with Crippen LogP contribution in [0, 0.1) is 5.92 Å². The lowest BCUT2D eigenvalue weighted by molar-refractivity contribution is -0.120. The Labute approximate surface area is 141 Å². The van der Waals surface area contributed by atoms with Gasteiger partial charge in [-0.1, -0.05) is 55.7 Å². The minimum Gasteiger partial charge on any atom is -0.308 e. The molecule has 0 unspecified atom stereocenters. The fraction of sp³-hybridized carbons (Fsp3) is 0.300. The molecule has 2 aromatic carbocycles. The zero-order chi connectivity index (χ0) is 16.4. The molecule has 0 bridgehead atoms. The van der Waals surface area contributed by atoms with Crippen LogP contribution in [0.4, 0.5) is 5.82 Å². The minimum atomic E-state index is 0.107. The lowest BCUT2D eigenvalue weighted by Gasteiger charge is -2.20. The second kappa shape index (κ2) is 6.48. The molecule has 1 aliphatic carbocycles. The first-order valence-corrected chi connectivity index (χ1v) is 8.66. The Kier molecular flexibility index (Phi) is 4.03. The third kappa shape index (κ3) is 2.92. The summed E-state index contributed by atoms with van der Waals surface area (Å²) >= 11 is 0. The van der Waals surface area contributed by atoms with Gasteiger partial charge in [0.1, 0.15) is 0 Å². The summed E-state index contributed by atoms with van der Waals surface area (Å²) in [6.45, 7) is 0. The van der Waals surface area contributed by atoms with Gasteiger partial charge in [-0.05, 0) is 36.1 Å². The van der Waals surface area contributed by atoms with Crippen LogP contribution in [-0.2, 0) is 4.79 Å². The van der Waals surface area contributed by atoms with Gasteiger partial charge in [0.15, 0.2) is 5.82 Å². The van der Waals surface area contributed by atoms with E-state index in [2.05, 4.69) is 39.8 Å². The first kappa shape index (κ1) is 14.9. The molecule has 1 amide bonds. The first-order valence-electron chi connectivity index (χ1n) is 8.66. The van der Waals surface area contributed by atoms with E-state index in [1.54, 1.807) is 0 Å². The lowest BCUT2D eigenvalue weighted by Crippen LogP contribution is -2.24. The SMILES string of the molecule is O=C(Nc1n[nH]c2cc(-c3ccccc3)ccc12)C1CCCCC1. The summed E-state index contributed by atoms with van der Waals surface area (Å²) in [6.07, 6.45) is 5.54. The molecule has 4 heteroatoms. The van der Waals surface area contributed by atoms with Crippen LogP contribution in [0.5, 0.6) is 0 Å². The third-order valence-corrected chi connectivity index (χ3v) is 4.89. The number of carbonyl (C=O) groups excluding carboxylic acids is 1. The highest BCUT2D eigenvalue weighted by molar-refractivity contribution is 6.01. The number of nitrogens with one attached hydrogen (secondary N) is 2. The third-order valence-electron chi connectivity index (χ3n) is 4.89. The zero-order valence-corrected chi connectivity index (χ0v) is 13.6. The summed E-state index contributed by atoms with van der Waals surface area (Å²) in [5.74, 6) is 0.879. The van der Waals surface area contributed by atoms with E-state index in [4.69, 9.17) is 0 Å². The van der Waals surface area contributed by atoms with E-state index in [-0.39, 0.29) is 11.8 Å². The quantitative estimate of drug-likeness (QED) is 0.732. The highest BCUT2D eigenvalue weighted by Crippen LogP contribution is 2.29. The molecule has 1 fully saturated rings. The van der Waals surface area contributed by atoms with Crippen molar-refractivity contribution < 1.29 is 4.79 Å². The molecule has 4 nitrogen and oxygen atoms in total. The Hall–Kier alpha value is -2.62. The van der Waals surface area contributed by atoms with Gasteiger partial charge in [0, 0.05) is 11.3 Å². The molecule has 24 heavy (non-hydrogen) atoms. The molecule has 2 N–H and O–H groups in total. The average molecular weight is 319 g/mol. The summed E-state index contributed by atoms with van der Waals surface area (Å²) in [6, 6.07) is 16.4. The van der Waals surface area contributed by atoms with E-state index < -0.39 is 0 Å². The van der Waals surface area contributed by atoms with Crippen LogP contribution in [0.2, 0.25) is 0 Å². The van der Waals surface area contributed by atoms with Crippen LogP contribution in [-0.4, -0.2) is 16.1 Å². The van der Waals surface area contributed by atoms with Gasteiger partial charge < -0.3 is 5.32 Å². The van der Waals surface area contributed by atoms with Crippen molar-refractivity contribution in [1.82, 2.24) is 10.2 Å². The Morgan fingerprint density at radius 2 is 1.79 bits per heavy atom. The molecule has 0 spiro atoms. The number of H-pyrrole nitrogens is 1. The molecule has 1 heterocycles. The van der Waals surface area contributed by atoms with Crippen LogP contribution in [0.1, 0.15) is 32.1 Å². The van der Waals surface area contributed by atoms with Crippen LogP contribution in [0.3, 0.4) is 0 Å². The normalized spacial score (nSPS) is 15.5. The predicted molar refractivity (Wildman–Crippen MR) is 96.7 cm³/mol. The molecule has 0 atom stereocenters. The lowest BCUT2D eigenvalue weighted by atomic mass is 9.89. The second-order valence-electron chi connectivity index (χ2n) is 6.52. The van der Waals surface area contributed by atoms with E-state index in [9.17, 15) is 4.79 Å². The molecule has 0 aliphatic heterocycles. The van der Waals surface area contributed by atoms with E-state index in [0.29, 0.717) is 5.82 Å². The number of anilines is 1. The number of amides is 1. The fourth-order valence-electron chi connectivity index (χ4n) is 3.51. The number of aromatic nitrogens is 2. The number of aromatic amines is 1. The van der Waals surface area contributed by atoms with Crippen molar-refractivity contribution in [1.29, 1.82) is 0 Å². The van der Waals surface area contributed by atoms with Gasteiger partial charge in [0.2, 0.25) is 5.91 Å². The van der Waals surface area contributed by atoms with Crippen molar-refractivity contribution in [3.8, 4) is 11.1 Å². The summed E-state index contributed by atoms with van der Waals surface area (Å²) in [5.41, 5.74) is 3.24. The fourth-order valence-corrected chi connectivity index (χ4v) is 3.51. The van der Waals surface area contributed by atoms with Crippen LogP contribution < -0.4 is 5.32 Å². The zero-order valence-electron chi connectivity index (χ0n) is 13.6. The molecular formula is C20H21N3O. The second-order valence-corrected chi connectivity index (χ2v) is 6.52. The standard InChI is InChI=1S/C20H21N3O/c24-20(15-9-5-2-6-10-15)21-19-17-12-11-16(13-18(17)22-23-19)14-7-3-1-4-8-14/h1,3-4,7-8,11-13,15H,2,5-6,9-10H2,(H2,21,22,23,24). The number of fused-ring (bicyclic) bond motifs is 1. The van der Waals surface area contributed by atoms with Crippen molar-refractivity contribution in [2.75, 3.05) is 5.32 Å². The van der Waals surface area contributed by atoms with Crippen molar-refractivity contribution in [3.63, 3.8) is 0 Å². The van der Waals surface area contributed by atoms with Gasteiger partial charge in [-0.3, -0.25) is 9.89 Å². The smallest absolute Gasteiger partial charge is 0.228 e. The van der Waals surface area contributed by atoms with Gasteiger partial charge in [0.25, 0.3) is 0 Å². The number of nitrogens with zero attached hydrogens (tertiary/aromatic N) is 1. The Morgan fingerprint density at radius 1 is 1.00 bits per heavy atom.